The molecule has 148 valence electrons. The van der Waals surface area contributed by atoms with E-state index >= 15 is 0 Å². The third-order valence-electron chi connectivity index (χ3n) is 3.67. The van der Waals surface area contributed by atoms with Gasteiger partial charge in [0.25, 0.3) is 5.91 Å². The first kappa shape index (κ1) is 20.8. The highest BCUT2D eigenvalue weighted by Gasteiger charge is 2.08. The van der Waals surface area contributed by atoms with Crippen molar-refractivity contribution >= 4 is 23.6 Å². The third kappa shape index (κ3) is 6.99. The van der Waals surface area contributed by atoms with Gasteiger partial charge in [0.15, 0.2) is 0 Å². The van der Waals surface area contributed by atoms with Crippen LogP contribution in [-0.2, 0) is 9.53 Å². The Balaban J connectivity index is 1.71. The van der Waals surface area contributed by atoms with Crippen molar-refractivity contribution in [2.75, 3.05) is 32.1 Å². The van der Waals surface area contributed by atoms with E-state index in [0.29, 0.717) is 24.4 Å². The standard InChI is InChI=1S/C20H23N3O5/c1-14-4-3-5-17(12-14)28-11-10-21-20(26)23-16-8-6-15(7-9-16)19(25)22-13-18(24)27-2/h3-9,12H,10-11,13H2,1-2H3,(H,22,25)(H2,21,23,26). The van der Waals surface area contributed by atoms with Gasteiger partial charge in [0, 0.05) is 11.3 Å². The number of nitrogens with one attached hydrogen (secondary N) is 3. The van der Waals surface area contributed by atoms with E-state index in [1.54, 1.807) is 24.3 Å². The molecule has 3 N–H and O–H groups in total. The Morgan fingerprint density at radius 3 is 2.43 bits per heavy atom. The Labute approximate surface area is 163 Å². The number of ether oxygens (including phenoxy) is 2. The maximum absolute atomic E-state index is 11.9. The van der Waals surface area contributed by atoms with E-state index in [1.807, 2.05) is 31.2 Å². The molecular weight excluding hydrogens is 362 g/mol. The molecular formula is C20H23N3O5. The van der Waals surface area contributed by atoms with Crippen molar-refractivity contribution in [3.05, 3.63) is 59.7 Å². The predicted molar refractivity (Wildman–Crippen MR) is 104 cm³/mol. The van der Waals surface area contributed by atoms with Gasteiger partial charge < -0.3 is 25.4 Å². The number of urea groups is 1. The fraction of sp³-hybridized carbons (Fsp3) is 0.250. The number of carbonyl (C=O) groups is 3. The Morgan fingerprint density at radius 2 is 1.75 bits per heavy atom. The Bertz CT molecular complexity index is 821. The van der Waals surface area contributed by atoms with Crippen molar-refractivity contribution in [1.29, 1.82) is 0 Å². The number of aryl methyl sites for hydroxylation is 1. The average molecular weight is 385 g/mol. The van der Waals surface area contributed by atoms with Gasteiger partial charge in [0.05, 0.1) is 13.7 Å². The number of esters is 1. The van der Waals surface area contributed by atoms with Crippen LogP contribution in [0.15, 0.2) is 48.5 Å². The lowest BCUT2D eigenvalue weighted by Crippen LogP contribution is -2.32. The summed E-state index contributed by atoms with van der Waals surface area (Å²) < 4.78 is 10.0. The van der Waals surface area contributed by atoms with Crippen LogP contribution in [0, 0.1) is 6.92 Å². The molecule has 0 heterocycles. The quantitative estimate of drug-likeness (QED) is 0.477. The van der Waals surface area contributed by atoms with E-state index in [-0.39, 0.29) is 12.6 Å². The SMILES string of the molecule is COC(=O)CNC(=O)c1ccc(NC(=O)NCCOc2cccc(C)c2)cc1. The highest BCUT2D eigenvalue weighted by Crippen LogP contribution is 2.12. The molecule has 8 heteroatoms. The Morgan fingerprint density at radius 1 is 1.00 bits per heavy atom. The molecule has 0 spiro atoms. The minimum Gasteiger partial charge on any atom is -0.492 e. The van der Waals surface area contributed by atoms with Gasteiger partial charge >= 0.3 is 12.0 Å². The van der Waals surface area contributed by atoms with Crippen LogP contribution in [0.4, 0.5) is 10.5 Å². The number of rotatable bonds is 8. The molecule has 28 heavy (non-hydrogen) atoms. The van der Waals surface area contributed by atoms with E-state index in [0.717, 1.165) is 11.3 Å². The zero-order valence-corrected chi connectivity index (χ0v) is 15.8. The number of amides is 3. The monoisotopic (exact) mass is 385 g/mol. The summed E-state index contributed by atoms with van der Waals surface area (Å²) in [5, 5.41) is 7.78. The van der Waals surface area contributed by atoms with Gasteiger partial charge in [-0.05, 0) is 48.9 Å². The van der Waals surface area contributed by atoms with Crippen LogP contribution in [0.3, 0.4) is 0 Å². The molecule has 2 aromatic rings. The minimum absolute atomic E-state index is 0.206. The van der Waals surface area contributed by atoms with Gasteiger partial charge in [-0.25, -0.2) is 4.79 Å². The first-order valence-electron chi connectivity index (χ1n) is 8.67. The van der Waals surface area contributed by atoms with Crippen molar-refractivity contribution in [1.82, 2.24) is 10.6 Å². The second kappa shape index (κ2) is 10.6. The van der Waals surface area contributed by atoms with Crippen molar-refractivity contribution in [2.45, 2.75) is 6.92 Å². The molecule has 0 saturated carbocycles. The third-order valence-corrected chi connectivity index (χ3v) is 3.67. The number of anilines is 1. The molecule has 0 aromatic heterocycles. The number of hydrogen-bond donors (Lipinski definition) is 3. The summed E-state index contributed by atoms with van der Waals surface area (Å²) in [4.78, 5) is 34.8. The maximum atomic E-state index is 11.9. The molecule has 3 amide bonds. The summed E-state index contributed by atoms with van der Waals surface area (Å²) in [6.07, 6.45) is 0. The summed E-state index contributed by atoms with van der Waals surface area (Å²) in [5.41, 5.74) is 1.99. The Hall–Kier alpha value is -3.55. The van der Waals surface area contributed by atoms with E-state index in [4.69, 9.17) is 4.74 Å². The van der Waals surface area contributed by atoms with Crippen LogP contribution in [0.25, 0.3) is 0 Å². The van der Waals surface area contributed by atoms with Gasteiger partial charge in [-0.1, -0.05) is 12.1 Å². The van der Waals surface area contributed by atoms with Crippen LogP contribution in [0.5, 0.6) is 5.75 Å². The van der Waals surface area contributed by atoms with Crippen molar-refractivity contribution in [2.24, 2.45) is 0 Å². The largest absolute Gasteiger partial charge is 0.492 e. The first-order valence-corrected chi connectivity index (χ1v) is 8.67. The molecule has 8 nitrogen and oxygen atoms in total. The highest BCUT2D eigenvalue weighted by molar-refractivity contribution is 5.96. The summed E-state index contributed by atoms with van der Waals surface area (Å²) in [6, 6.07) is 13.6. The van der Waals surface area contributed by atoms with E-state index in [1.165, 1.54) is 7.11 Å². The fourth-order valence-electron chi connectivity index (χ4n) is 2.25. The molecule has 0 unspecified atom stereocenters. The van der Waals surface area contributed by atoms with Gasteiger partial charge in [0.1, 0.15) is 18.9 Å². The Kier molecular flexibility index (Phi) is 7.83. The number of methoxy groups -OCH3 is 1. The van der Waals surface area contributed by atoms with Crippen LogP contribution in [-0.4, -0.2) is 44.7 Å². The van der Waals surface area contributed by atoms with E-state index in [2.05, 4.69) is 20.7 Å². The fourth-order valence-corrected chi connectivity index (χ4v) is 2.25. The van der Waals surface area contributed by atoms with Crippen LogP contribution < -0.4 is 20.7 Å². The predicted octanol–water partition coefficient (Wildman–Crippen LogP) is 2.10. The van der Waals surface area contributed by atoms with Gasteiger partial charge in [-0.15, -0.1) is 0 Å². The minimum atomic E-state index is -0.533. The molecule has 0 fully saturated rings. The smallest absolute Gasteiger partial charge is 0.325 e. The lowest BCUT2D eigenvalue weighted by molar-refractivity contribution is -0.139. The van der Waals surface area contributed by atoms with Crippen molar-refractivity contribution < 1.29 is 23.9 Å². The number of carbonyl (C=O) groups excluding carboxylic acids is 3. The molecule has 2 rings (SSSR count). The molecule has 0 atom stereocenters. The van der Waals surface area contributed by atoms with Crippen molar-refractivity contribution in [3.8, 4) is 5.75 Å². The van der Waals surface area contributed by atoms with Crippen LogP contribution in [0.1, 0.15) is 15.9 Å². The summed E-state index contributed by atoms with van der Waals surface area (Å²) >= 11 is 0. The molecule has 0 aliphatic rings. The molecule has 2 aromatic carbocycles. The van der Waals surface area contributed by atoms with Crippen molar-refractivity contribution in [3.63, 3.8) is 0 Å². The zero-order valence-electron chi connectivity index (χ0n) is 15.8. The summed E-state index contributed by atoms with van der Waals surface area (Å²) in [6.45, 7) is 2.46. The van der Waals surface area contributed by atoms with Crippen LogP contribution >= 0.6 is 0 Å². The highest BCUT2D eigenvalue weighted by atomic mass is 16.5. The molecule has 0 bridgehead atoms. The lowest BCUT2D eigenvalue weighted by Gasteiger charge is -2.10. The van der Waals surface area contributed by atoms with E-state index in [9.17, 15) is 14.4 Å². The molecule has 0 aliphatic heterocycles. The lowest BCUT2D eigenvalue weighted by atomic mass is 10.2. The first-order chi connectivity index (χ1) is 13.5. The van der Waals surface area contributed by atoms with Gasteiger partial charge in [-0.2, -0.15) is 0 Å². The summed E-state index contributed by atoms with van der Waals surface area (Å²) in [5.74, 6) is -0.187. The van der Waals surface area contributed by atoms with Gasteiger partial charge in [-0.3, -0.25) is 9.59 Å². The topological polar surface area (TPSA) is 106 Å². The molecule has 0 radical (unpaired) electrons. The zero-order chi connectivity index (χ0) is 20.4. The second-order valence-corrected chi connectivity index (χ2v) is 5.88. The maximum Gasteiger partial charge on any atom is 0.325 e. The van der Waals surface area contributed by atoms with E-state index < -0.39 is 11.9 Å². The molecule has 0 aliphatic carbocycles. The molecule has 0 saturated heterocycles. The number of hydrogen-bond acceptors (Lipinski definition) is 5. The number of benzene rings is 2. The summed E-state index contributed by atoms with van der Waals surface area (Å²) in [7, 11) is 1.24. The van der Waals surface area contributed by atoms with Gasteiger partial charge in [0.2, 0.25) is 0 Å². The average Bonchev–Trinajstić information content (AvgIpc) is 2.69. The normalized spacial score (nSPS) is 9.93. The van der Waals surface area contributed by atoms with Crippen LogP contribution in [0.2, 0.25) is 0 Å². The second-order valence-electron chi connectivity index (χ2n) is 5.88.